The fraction of sp³-hybridized carbons (Fsp3) is 0.333. The van der Waals surface area contributed by atoms with Crippen LogP contribution < -0.4 is 10.6 Å². The van der Waals surface area contributed by atoms with Gasteiger partial charge in [0.05, 0.1) is 11.4 Å². The van der Waals surface area contributed by atoms with Crippen LogP contribution >= 0.6 is 0 Å². The van der Waals surface area contributed by atoms with Crippen molar-refractivity contribution in [2.24, 2.45) is 0 Å². The molecule has 0 aliphatic rings. The van der Waals surface area contributed by atoms with Gasteiger partial charge in [-0.2, -0.15) is 0 Å². The van der Waals surface area contributed by atoms with Crippen LogP contribution in [0.3, 0.4) is 0 Å². The number of hydrogen-bond donors (Lipinski definition) is 1. The molecule has 1 heterocycles. The van der Waals surface area contributed by atoms with Gasteiger partial charge in [0.2, 0.25) is 0 Å². The minimum atomic E-state index is 0.681. The number of anilines is 2. The number of hydrogen-bond acceptors (Lipinski definition) is 3. The SMILES string of the molecule is CN(C)c1cocc1N. The van der Waals surface area contributed by atoms with Gasteiger partial charge in [-0.15, -0.1) is 0 Å². The van der Waals surface area contributed by atoms with Crippen LogP contribution in [0.25, 0.3) is 0 Å². The van der Waals surface area contributed by atoms with Crippen molar-refractivity contribution in [2.75, 3.05) is 24.7 Å². The molecule has 0 atom stereocenters. The summed E-state index contributed by atoms with van der Waals surface area (Å²) in [7, 11) is 3.84. The van der Waals surface area contributed by atoms with E-state index >= 15 is 0 Å². The van der Waals surface area contributed by atoms with Gasteiger partial charge in [0.15, 0.2) is 0 Å². The standard InChI is InChI=1S/C6H10N2O/c1-8(2)6-4-9-3-5(6)7/h3-4H,7H2,1-2H3. The van der Waals surface area contributed by atoms with Crippen LogP contribution in [0.1, 0.15) is 0 Å². The lowest BCUT2D eigenvalue weighted by atomic mass is 10.4. The first-order valence-electron chi connectivity index (χ1n) is 2.71. The second-order valence-corrected chi connectivity index (χ2v) is 2.11. The third kappa shape index (κ3) is 0.988. The van der Waals surface area contributed by atoms with Gasteiger partial charge in [0.25, 0.3) is 0 Å². The van der Waals surface area contributed by atoms with E-state index in [1.165, 1.54) is 6.26 Å². The van der Waals surface area contributed by atoms with Gasteiger partial charge in [-0.25, -0.2) is 0 Å². The zero-order valence-electron chi connectivity index (χ0n) is 5.59. The molecule has 1 rings (SSSR count). The fourth-order valence-electron chi connectivity index (χ4n) is 0.664. The largest absolute Gasteiger partial charge is 0.468 e. The molecule has 9 heavy (non-hydrogen) atoms. The summed E-state index contributed by atoms with van der Waals surface area (Å²) in [5.41, 5.74) is 7.11. The molecule has 0 aliphatic carbocycles. The van der Waals surface area contributed by atoms with Gasteiger partial charge in [0.1, 0.15) is 12.5 Å². The summed E-state index contributed by atoms with van der Waals surface area (Å²) >= 11 is 0. The van der Waals surface area contributed by atoms with Gasteiger partial charge in [0, 0.05) is 14.1 Å². The number of rotatable bonds is 1. The highest BCUT2D eigenvalue weighted by molar-refractivity contribution is 5.64. The van der Waals surface area contributed by atoms with Crippen LogP contribution in [-0.2, 0) is 0 Å². The summed E-state index contributed by atoms with van der Waals surface area (Å²) in [6.45, 7) is 0. The lowest BCUT2D eigenvalue weighted by Crippen LogP contribution is -2.08. The maximum absolute atomic E-state index is 5.51. The zero-order chi connectivity index (χ0) is 6.85. The van der Waals surface area contributed by atoms with Gasteiger partial charge >= 0.3 is 0 Å². The molecular formula is C6H10N2O. The summed E-state index contributed by atoms with van der Waals surface area (Å²) in [6.07, 6.45) is 3.14. The molecular weight excluding hydrogens is 116 g/mol. The van der Waals surface area contributed by atoms with Crippen molar-refractivity contribution in [3.8, 4) is 0 Å². The van der Waals surface area contributed by atoms with Crippen LogP contribution in [0.2, 0.25) is 0 Å². The van der Waals surface area contributed by atoms with Crippen molar-refractivity contribution in [3.05, 3.63) is 12.5 Å². The van der Waals surface area contributed by atoms with Crippen LogP contribution in [0.15, 0.2) is 16.9 Å². The van der Waals surface area contributed by atoms with Gasteiger partial charge in [-0.3, -0.25) is 0 Å². The van der Waals surface area contributed by atoms with Crippen molar-refractivity contribution >= 4 is 11.4 Å². The molecule has 0 fully saturated rings. The fourth-order valence-corrected chi connectivity index (χ4v) is 0.664. The summed E-state index contributed by atoms with van der Waals surface area (Å²) in [4.78, 5) is 1.90. The summed E-state index contributed by atoms with van der Waals surface area (Å²) in [5.74, 6) is 0. The Kier molecular flexibility index (Phi) is 1.34. The molecule has 0 spiro atoms. The lowest BCUT2D eigenvalue weighted by Gasteiger charge is -2.08. The highest BCUT2D eigenvalue weighted by atomic mass is 16.3. The van der Waals surface area contributed by atoms with Crippen LogP contribution in [0, 0.1) is 0 Å². The smallest absolute Gasteiger partial charge is 0.116 e. The maximum Gasteiger partial charge on any atom is 0.116 e. The maximum atomic E-state index is 5.51. The van der Waals surface area contributed by atoms with E-state index < -0.39 is 0 Å². The Balaban J connectivity index is 2.94. The van der Waals surface area contributed by atoms with Crippen LogP contribution in [0.4, 0.5) is 11.4 Å². The second-order valence-electron chi connectivity index (χ2n) is 2.11. The Morgan fingerprint density at radius 2 is 2.11 bits per heavy atom. The average molecular weight is 126 g/mol. The molecule has 0 radical (unpaired) electrons. The number of nitrogens with zero attached hydrogens (tertiary/aromatic N) is 1. The van der Waals surface area contributed by atoms with Gasteiger partial charge in [-0.05, 0) is 0 Å². The lowest BCUT2D eigenvalue weighted by molar-refractivity contribution is 0.568. The molecule has 0 aromatic carbocycles. The number of nitrogens with two attached hydrogens (primary N) is 1. The van der Waals surface area contributed by atoms with Crippen molar-refractivity contribution in [1.29, 1.82) is 0 Å². The molecule has 2 N–H and O–H groups in total. The van der Waals surface area contributed by atoms with E-state index in [1.807, 2.05) is 19.0 Å². The predicted octanol–water partition coefficient (Wildman–Crippen LogP) is 0.928. The molecule has 0 saturated carbocycles. The van der Waals surface area contributed by atoms with Crippen LogP contribution in [-0.4, -0.2) is 14.1 Å². The Morgan fingerprint density at radius 3 is 2.33 bits per heavy atom. The second kappa shape index (κ2) is 2.01. The third-order valence-electron chi connectivity index (χ3n) is 1.15. The van der Waals surface area contributed by atoms with Gasteiger partial charge in [-0.1, -0.05) is 0 Å². The highest BCUT2D eigenvalue weighted by Gasteiger charge is 2.00. The van der Waals surface area contributed by atoms with E-state index in [2.05, 4.69) is 0 Å². The average Bonchev–Trinajstić information content (AvgIpc) is 2.13. The first-order chi connectivity index (χ1) is 4.22. The van der Waals surface area contributed by atoms with E-state index in [0.717, 1.165) is 5.69 Å². The Labute approximate surface area is 54.1 Å². The van der Waals surface area contributed by atoms with Crippen molar-refractivity contribution in [2.45, 2.75) is 0 Å². The van der Waals surface area contributed by atoms with E-state index in [-0.39, 0.29) is 0 Å². The molecule has 0 amide bonds. The minimum Gasteiger partial charge on any atom is -0.468 e. The Morgan fingerprint density at radius 1 is 1.44 bits per heavy atom. The summed E-state index contributed by atoms with van der Waals surface area (Å²) in [6, 6.07) is 0. The molecule has 50 valence electrons. The number of nitrogen functional groups attached to an aromatic ring is 1. The Hall–Kier alpha value is -1.12. The molecule has 1 aromatic heterocycles. The van der Waals surface area contributed by atoms with Gasteiger partial charge < -0.3 is 15.1 Å². The van der Waals surface area contributed by atoms with E-state index in [1.54, 1.807) is 6.26 Å². The first-order valence-corrected chi connectivity index (χ1v) is 2.71. The number of furan rings is 1. The molecule has 0 saturated heterocycles. The molecule has 0 unspecified atom stereocenters. The predicted molar refractivity (Wildman–Crippen MR) is 37.4 cm³/mol. The molecule has 0 bridgehead atoms. The summed E-state index contributed by atoms with van der Waals surface area (Å²) in [5, 5.41) is 0. The zero-order valence-corrected chi connectivity index (χ0v) is 5.59. The van der Waals surface area contributed by atoms with Crippen molar-refractivity contribution in [1.82, 2.24) is 0 Å². The molecule has 0 aliphatic heterocycles. The molecule has 3 heteroatoms. The summed E-state index contributed by atoms with van der Waals surface area (Å²) < 4.78 is 4.84. The van der Waals surface area contributed by atoms with Crippen molar-refractivity contribution in [3.63, 3.8) is 0 Å². The third-order valence-corrected chi connectivity index (χ3v) is 1.15. The minimum absolute atomic E-state index is 0.681. The first kappa shape index (κ1) is 6.01. The van der Waals surface area contributed by atoms with Crippen molar-refractivity contribution < 1.29 is 4.42 Å². The monoisotopic (exact) mass is 126 g/mol. The topological polar surface area (TPSA) is 42.4 Å². The highest BCUT2D eigenvalue weighted by Crippen LogP contribution is 2.20. The van der Waals surface area contributed by atoms with Crippen LogP contribution in [0.5, 0.6) is 0 Å². The normalized spacial score (nSPS) is 9.56. The molecule has 3 nitrogen and oxygen atoms in total. The molecule has 1 aromatic rings. The van der Waals surface area contributed by atoms with E-state index in [9.17, 15) is 0 Å². The quantitative estimate of drug-likeness (QED) is 0.608. The van der Waals surface area contributed by atoms with E-state index in [0.29, 0.717) is 5.69 Å². The Bertz CT molecular complexity index is 193. The van der Waals surface area contributed by atoms with E-state index in [4.69, 9.17) is 10.2 Å².